The number of nitro benzene ring substituents is 1. The van der Waals surface area contributed by atoms with Crippen LogP contribution < -0.4 is 5.32 Å². The highest BCUT2D eigenvalue weighted by molar-refractivity contribution is 5.99. The van der Waals surface area contributed by atoms with Crippen LogP contribution in [-0.2, 0) is 0 Å². The van der Waals surface area contributed by atoms with Gasteiger partial charge in [-0.1, -0.05) is 0 Å². The molecular weight excluding hydrogens is 246 g/mol. The summed E-state index contributed by atoms with van der Waals surface area (Å²) in [5.41, 5.74) is 0.907. The van der Waals surface area contributed by atoms with Crippen molar-refractivity contribution in [3.63, 3.8) is 0 Å². The number of aliphatic hydroxyl groups excluding tert-OH is 1. The van der Waals surface area contributed by atoms with Crippen LogP contribution in [-0.4, -0.2) is 28.2 Å². The SMILES string of the molecule is O=[N+]([O-])c1ccc(NCCCCO)c2cnccc12. The number of fused-ring (bicyclic) bond motifs is 1. The van der Waals surface area contributed by atoms with Crippen LogP contribution in [0.2, 0.25) is 0 Å². The Bertz CT molecular complexity index is 586. The molecule has 0 spiro atoms. The average Bonchev–Trinajstić information content (AvgIpc) is 2.43. The molecule has 1 aromatic heterocycles. The van der Waals surface area contributed by atoms with Crippen molar-refractivity contribution in [1.82, 2.24) is 4.98 Å². The maximum atomic E-state index is 11.0. The van der Waals surface area contributed by atoms with E-state index in [1.807, 2.05) is 0 Å². The molecule has 0 saturated carbocycles. The van der Waals surface area contributed by atoms with Crippen LogP contribution in [0.5, 0.6) is 0 Å². The molecule has 6 heteroatoms. The van der Waals surface area contributed by atoms with Gasteiger partial charge in [-0.15, -0.1) is 0 Å². The Hall–Kier alpha value is -2.21. The van der Waals surface area contributed by atoms with Crippen molar-refractivity contribution in [2.75, 3.05) is 18.5 Å². The number of unbranched alkanes of at least 4 members (excludes halogenated alkanes) is 1. The first-order valence-electron chi connectivity index (χ1n) is 6.10. The summed E-state index contributed by atoms with van der Waals surface area (Å²) in [5, 5.41) is 24.2. The number of nitrogens with zero attached hydrogens (tertiary/aromatic N) is 2. The van der Waals surface area contributed by atoms with Gasteiger partial charge in [0.2, 0.25) is 0 Å². The topological polar surface area (TPSA) is 88.3 Å². The Morgan fingerprint density at radius 2 is 2.11 bits per heavy atom. The molecule has 2 rings (SSSR count). The first-order chi connectivity index (χ1) is 9.24. The first-order valence-corrected chi connectivity index (χ1v) is 6.10. The van der Waals surface area contributed by atoms with Crippen LogP contribution >= 0.6 is 0 Å². The van der Waals surface area contributed by atoms with Crippen LogP contribution in [0.15, 0.2) is 30.6 Å². The van der Waals surface area contributed by atoms with Crippen LogP contribution in [0.25, 0.3) is 10.8 Å². The maximum Gasteiger partial charge on any atom is 0.277 e. The lowest BCUT2D eigenvalue weighted by Crippen LogP contribution is -2.03. The molecule has 0 fully saturated rings. The van der Waals surface area contributed by atoms with E-state index >= 15 is 0 Å². The number of rotatable bonds is 6. The lowest BCUT2D eigenvalue weighted by Gasteiger charge is -2.09. The van der Waals surface area contributed by atoms with E-state index in [0.717, 1.165) is 23.9 Å². The van der Waals surface area contributed by atoms with Crippen molar-refractivity contribution >= 4 is 22.1 Å². The predicted octanol–water partition coefficient (Wildman–Crippen LogP) is 2.33. The summed E-state index contributed by atoms with van der Waals surface area (Å²) in [4.78, 5) is 14.6. The Labute approximate surface area is 110 Å². The summed E-state index contributed by atoms with van der Waals surface area (Å²) < 4.78 is 0. The van der Waals surface area contributed by atoms with Gasteiger partial charge in [0.05, 0.1) is 10.3 Å². The number of hydrogen-bond acceptors (Lipinski definition) is 5. The second kappa shape index (κ2) is 6.10. The van der Waals surface area contributed by atoms with Gasteiger partial charge in [0.15, 0.2) is 0 Å². The number of anilines is 1. The van der Waals surface area contributed by atoms with Gasteiger partial charge in [-0.05, 0) is 25.0 Å². The molecule has 19 heavy (non-hydrogen) atoms. The molecule has 0 aliphatic carbocycles. The average molecular weight is 261 g/mol. The molecule has 6 nitrogen and oxygen atoms in total. The largest absolute Gasteiger partial charge is 0.396 e. The Balaban J connectivity index is 2.30. The summed E-state index contributed by atoms with van der Waals surface area (Å²) in [6.07, 6.45) is 4.74. The second-order valence-corrected chi connectivity index (χ2v) is 4.17. The minimum Gasteiger partial charge on any atom is -0.396 e. The van der Waals surface area contributed by atoms with E-state index < -0.39 is 4.92 Å². The minimum absolute atomic E-state index is 0.0818. The van der Waals surface area contributed by atoms with E-state index in [2.05, 4.69) is 10.3 Å². The van der Waals surface area contributed by atoms with Crippen molar-refractivity contribution < 1.29 is 10.0 Å². The normalized spacial score (nSPS) is 10.6. The fourth-order valence-corrected chi connectivity index (χ4v) is 1.95. The quantitative estimate of drug-likeness (QED) is 0.473. The van der Waals surface area contributed by atoms with Crippen LogP contribution in [0, 0.1) is 10.1 Å². The monoisotopic (exact) mass is 261 g/mol. The van der Waals surface area contributed by atoms with Gasteiger partial charge in [0.1, 0.15) is 0 Å². The standard InChI is InChI=1S/C13H15N3O3/c17-8-2-1-6-15-12-3-4-13(16(18)19)10-5-7-14-9-11(10)12/h3-5,7,9,15,17H,1-2,6,8H2. The third-order valence-electron chi connectivity index (χ3n) is 2.89. The van der Waals surface area contributed by atoms with E-state index in [1.165, 1.54) is 6.07 Å². The summed E-state index contributed by atoms with van der Waals surface area (Å²) in [7, 11) is 0. The van der Waals surface area contributed by atoms with Crippen molar-refractivity contribution in [3.8, 4) is 0 Å². The van der Waals surface area contributed by atoms with Gasteiger partial charge in [-0.3, -0.25) is 15.1 Å². The van der Waals surface area contributed by atoms with Gasteiger partial charge in [-0.25, -0.2) is 0 Å². The van der Waals surface area contributed by atoms with Gasteiger partial charge in [-0.2, -0.15) is 0 Å². The zero-order valence-electron chi connectivity index (χ0n) is 10.4. The molecule has 2 N–H and O–H groups in total. The highest BCUT2D eigenvalue weighted by Crippen LogP contribution is 2.30. The lowest BCUT2D eigenvalue weighted by molar-refractivity contribution is -0.383. The third kappa shape index (κ3) is 2.97. The molecule has 1 aromatic carbocycles. The molecule has 0 atom stereocenters. The third-order valence-corrected chi connectivity index (χ3v) is 2.89. The molecule has 0 radical (unpaired) electrons. The van der Waals surface area contributed by atoms with Crippen LogP contribution in [0.4, 0.5) is 11.4 Å². The van der Waals surface area contributed by atoms with Crippen molar-refractivity contribution in [2.24, 2.45) is 0 Å². The number of nitrogens with one attached hydrogen (secondary N) is 1. The predicted molar refractivity (Wildman–Crippen MR) is 73.2 cm³/mol. The molecule has 2 aromatic rings. The number of non-ortho nitro benzene ring substituents is 1. The molecule has 0 saturated heterocycles. The molecule has 1 heterocycles. The first kappa shape index (κ1) is 13.2. The number of pyridine rings is 1. The summed E-state index contributed by atoms with van der Waals surface area (Å²) >= 11 is 0. The van der Waals surface area contributed by atoms with E-state index in [-0.39, 0.29) is 12.3 Å². The molecule has 0 bridgehead atoms. The zero-order valence-corrected chi connectivity index (χ0v) is 10.4. The van der Waals surface area contributed by atoms with Gasteiger partial charge < -0.3 is 10.4 Å². The Morgan fingerprint density at radius 3 is 2.84 bits per heavy atom. The van der Waals surface area contributed by atoms with Crippen molar-refractivity contribution in [3.05, 3.63) is 40.7 Å². The number of nitro groups is 1. The van der Waals surface area contributed by atoms with E-state index in [1.54, 1.807) is 24.5 Å². The van der Waals surface area contributed by atoms with Crippen molar-refractivity contribution in [2.45, 2.75) is 12.8 Å². The fourth-order valence-electron chi connectivity index (χ4n) is 1.95. The van der Waals surface area contributed by atoms with E-state index in [9.17, 15) is 10.1 Å². The minimum atomic E-state index is -0.391. The second-order valence-electron chi connectivity index (χ2n) is 4.17. The van der Waals surface area contributed by atoms with Gasteiger partial charge in [0, 0.05) is 42.7 Å². The molecule has 100 valence electrons. The van der Waals surface area contributed by atoms with Gasteiger partial charge in [0.25, 0.3) is 5.69 Å². The number of benzene rings is 1. The van der Waals surface area contributed by atoms with E-state index in [4.69, 9.17) is 5.11 Å². The highest BCUT2D eigenvalue weighted by Gasteiger charge is 2.13. The summed E-state index contributed by atoms with van der Waals surface area (Å²) in [5.74, 6) is 0. The maximum absolute atomic E-state index is 11.0. The Kier molecular flexibility index (Phi) is 4.25. The molecule has 0 aliphatic heterocycles. The number of aromatic nitrogens is 1. The van der Waals surface area contributed by atoms with Crippen LogP contribution in [0.1, 0.15) is 12.8 Å². The fraction of sp³-hybridized carbons (Fsp3) is 0.308. The lowest BCUT2D eigenvalue weighted by atomic mass is 10.1. The molecular formula is C13H15N3O3. The Morgan fingerprint density at radius 1 is 1.26 bits per heavy atom. The zero-order chi connectivity index (χ0) is 13.7. The van der Waals surface area contributed by atoms with Gasteiger partial charge >= 0.3 is 0 Å². The smallest absolute Gasteiger partial charge is 0.277 e. The van der Waals surface area contributed by atoms with E-state index in [0.29, 0.717) is 11.9 Å². The van der Waals surface area contributed by atoms with Crippen molar-refractivity contribution in [1.29, 1.82) is 0 Å². The van der Waals surface area contributed by atoms with Crippen LogP contribution in [0.3, 0.4) is 0 Å². The highest BCUT2D eigenvalue weighted by atomic mass is 16.6. The molecule has 0 unspecified atom stereocenters. The summed E-state index contributed by atoms with van der Waals surface area (Å²) in [6.45, 7) is 0.882. The number of hydrogen-bond donors (Lipinski definition) is 2. The molecule has 0 amide bonds. The molecule has 0 aliphatic rings. The number of aliphatic hydroxyl groups is 1. The summed E-state index contributed by atoms with van der Waals surface area (Å²) in [6, 6.07) is 4.84.